The highest BCUT2D eigenvalue weighted by Crippen LogP contribution is 2.30. The van der Waals surface area contributed by atoms with Gasteiger partial charge < -0.3 is 0 Å². The Balaban J connectivity index is 2.22. The van der Waals surface area contributed by atoms with E-state index in [2.05, 4.69) is 21.4 Å². The lowest BCUT2D eigenvalue weighted by molar-refractivity contribution is 0.560. The van der Waals surface area contributed by atoms with Gasteiger partial charge in [0.2, 0.25) is 0 Å². The Labute approximate surface area is 128 Å². The van der Waals surface area contributed by atoms with E-state index in [0.717, 1.165) is 14.9 Å². The first-order valence-electron chi connectivity index (χ1n) is 5.24. The summed E-state index contributed by atoms with van der Waals surface area (Å²) in [5, 5.41) is 3.41. The van der Waals surface area contributed by atoms with Crippen LogP contribution in [0.25, 0.3) is 0 Å². The van der Waals surface area contributed by atoms with Crippen molar-refractivity contribution in [2.75, 3.05) is 0 Å². The van der Waals surface area contributed by atoms with Crippen molar-refractivity contribution in [2.24, 2.45) is 5.84 Å². The van der Waals surface area contributed by atoms with Crippen LogP contribution in [-0.4, -0.2) is 0 Å². The van der Waals surface area contributed by atoms with E-state index in [4.69, 9.17) is 29.0 Å². The van der Waals surface area contributed by atoms with E-state index in [1.165, 1.54) is 0 Å². The Bertz CT molecular complexity index is 545. The van der Waals surface area contributed by atoms with Gasteiger partial charge in [-0.05, 0) is 52.2 Å². The van der Waals surface area contributed by atoms with Gasteiger partial charge >= 0.3 is 0 Å². The minimum atomic E-state index is 0.0252. The number of halogens is 3. The summed E-state index contributed by atoms with van der Waals surface area (Å²) < 4.78 is 1.06. The van der Waals surface area contributed by atoms with E-state index in [1.807, 2.05) is 17.5 Å². The molecule has 18 heavy (non-hydrogen) atoms. The average molecular weight is 366 g/mol. The van der Waals surface area contributed by atoms with Crippen molar-refractivity contribution in [3.05, 3.63) is 54.6 Å². The topological polar surface area (TPSA) is 38.0 Å². The smallest absolute Gasteiger partial charge is 0.0594 e. The van der Waals surface area contributed by atoms with Crippen LogP contribution < -0.4 is 11.3 Å². The molecule has 0 aliphatic heterocycles. The maximum absolute atomic E-state index is 6.16. The quantitative estimate of drug-likeness (QED) is 0.615. The Kier molecular flexibility index (Phi) is 5.06. The fourth-order valence-corrected chi connectivity index (χ4v) is 3.57. The van der Waals surface area contributed by atoms with Gasteiger partial charge in [-0.15, -0.1) is 11.3 Å². The summed E-state index contributed by atoms with van der Waals surface area (Å²) in [6.07, 6.45) is 0.697. The zero-order valence-corrected chi connectivity index (χ0v) is 13.2. The molecule has 0 radical (unpaired) electrons. The largest absolute Gasteiger partial charge is 0.271 e. The molecule has 0 fully saturated rings. The molecule has 0 aliphatic rings. The highest BCUT2D eigenvalue weighted by molar-refractivity contribution is 9.10. The van der Waals surface area contributed by atoms with Gasteiger partial charge in [0.25, 0.3) is 0 Å². The summed E-state index contributed by atoms with van der Waals surface area (Å²) >= 11 is 17.2. The van der Waals surface area contributed by atoms with Crippen molar-refractivity contribution in [3.8, 4) is 0 Å². The van der Waals surface area contributed by atoms with Crippen LogP contribution >= 0.6 is 50.5 Å². The van der Waals surface area contributed by atoms with Crippen molar-refractivity contribution in [1.29, 1.82) is 0 Å². The number of hydrazine groups is 1. The molecule has 2 nitrogen and oxygen atoms in total. The lowest BCUT2D eigenvalue weighted by atomic mass is 10.1. The fourth-order valence-electron chi connectivity index (χ4n) is 1.67. The van der Waals surface area contributed by atoms with Crippen LogP contribution in [0.4, 0.5) is 0 Å². The van der Waals surface area contributed by atoms with Gasteiger partial charge in [-0.25, -0.2) is 0 Å². The van der Waals surface area contributed by atoms with Crippen LogP contribution in [0.5, 0.6) is 0 Å². The van der Waals surface area contributed by atoms with Crippen LogP contribution in [0.1, 0.15) is 16.5 Å². The van der Waals surface area contributed by atoms with Crippen molar-refractivity contribution in [1.82, 2.24) is 5.43 Å². The Morgan fingerprint density at radius 2 is 2.11 bits per heavy atom. The van der Waals surface area contributed by atoms with E-state index in [-0.39, 0.29) is 6.04 Å². The van der Waals surface area contributed by atoms with Crippen molar-refractivity contribution < 1.29 is 0 Å². The first-order chi connectivity index (χ1) is 8.60. The van der Waals surface area contributed by atoms with Gasteiger partial charge in [0.1, 0.15) is 0 Å². The van der Waals surface area contributed by atoms with Crippen molar-refractivity contribution in [3.63, 3.8) is 0 Å². The summed E-state index contributed by atoms with van der Waals surface area (Å²) in [6, 6.07) is 7.53. The molecule has 2 aromatic rings. The molecule has 1 aromatic carbocycles. The molecule has 0 saturated heterocycles. The number of nitrogens with one attached hydrogen (secondary N) is 1. The predicted octanol–water partition coefficient (Wildman–Crippen LogP) is 4.56. The Hall–Kier alpha value is -0.100. The third-order valence-corrected chi connectivity index (χ3v) is 4.98. The minimum Gasteiger partial charge on any atom is -0.271 e. The average Bonchev–Trinajstić information content (AvgIpc) is 2.77. The first-order valence-corrected chi connectivity index (χ1v) is 7.67. The minimum absolute atomic E-state index is 0.0252. The third kappa shape index (κ3) is 3.47. The number of benzene rings is 1. The summed E-state index contributed by atoms with van der Waals surface area (Å²) in [5.74, 6) is 5.62. The summed E-state index contributed by atoms with van der Waals surface area (Å²) in [4.78, 5) is 1.15. The molecule has 0 amide bonds. The number of hydrogen-bond acceptors (Lipinski definition) is 3. The molecule has 0 spiro atoms. The Morgan fingerprint density at radius 3 is 2.72 bits per heavy atom. The van der Waals surface area contributed by atoms with E-state index >= 15 is 0 Å². The van der Waals surface area contributed by atoms with E-state index in [0.29, 0.717) is 16.5 Å². The van der Waals surface area contributed by atoms with Crippen LogP contribution in [-0.2, 0) is 6.42 Å². The molecule has 0 bridgehead atoms. The highest BCUT2D eigenvalue weighted by Gasteiger charge is 2.14. The lowest BCUT2D eigenvalue weighted by Crippen LogP contribution is -2.29. The molecular formula is C12H11BrCl2N2S. The fraction of sp³-hybridized carbons (Fsp3) is 0.167. The van der Waals surface area contributed by atoms with Crippen molar-refractivity contribution >= 4 is 50.5 Å². The van der Waals surface area contributed by atoms with Gasteiger partial charge in [-0.2, -0.15) is 0 Å². The normalized spacial score (nSPS) is 12.7. The third-order valence-electron chi connectivity index (χ3n) is 2.56. The van der Waals surface area contributed by atoms with Gasteiger partial charge in [-0.1, -0.05) is 23.2 Å². The van der Waals surface area contributed by atoms with Gasteiger partial charge in [0.05, 0.1) is 6.04 Å². The molecule has 96 valence electrons. The molecule has 1 atom stereocenters. The molecule has 2 rings (SSSR count). The standard InChI is InChI=1S/C12H11BrCl2N2S/c13-8-5-12(18-6-8)11(17-16)4-7-3-9(14)1-2-10(7)15/h1-3,5-6,11,17H,4,16H2. The van der Waals surface area contributed by atoms with E-state index < -0.39 is 0 Å². The summed E-state index contributed by atoms with van der Waals surface area (Å²) in [5.41, 5.74) is 3.80. The zero-order chi connectivity index (χ0) is 13.1. The summed E-state index contributed by atoms with van der Waals surface area (Å²) in [6.45, 7) is 0. The molecule has 6 heteroatoms. The van der Waals surface area contributed by atoms with Crippen LogP contribution in [0.15, 0.2) is 34.1 Å². The molecule has 1 aromatic heterocycles. The number of thiophene rings is 1. The van der Waals surface area contributed by atoms with Crippen LogP contribution in [0.3, 0.4) is 0 Å². The predicted molar refractivity (Wildman–Crippen MR) is 82.2 cm³/mol. The van der Waals surface area contributed by atoms with E-state index in [9.17, 15) is 0 Å². The first kappa shape index (κ1) is 14.3. The maximum atomic E-state index is 6.16. The maximum Gasteiger partial charge on any atom is 0.0594 e. The number of nitrogens with two attached hydrogens (primary N) is 1. The van der Waals surface area contributed by atoms with Crippen LogP contribution in [0, 0.1) is 0 Å². The zero-order valence-electron chi connectivity index (χ0n) is 9.29. The molecule has 1 unspecified atom stereocenters. The van der Waals surface area contributed by atoms with Gasteiger partial charge in [-0.3, -0.25) is 11.3 Å². The number of hydrogen-bond donors (Lipinski definition) is 2. The number of rotatable bonds is 4. The highest BCUT2D eigenvalue weighted by atomic mass is 79.9. The summed E-state index contributed by atoms with van der Waals surface area (Å²) in [7, 11) is 0. The SMILES string of the molecule is NNC(Cc1cc(Cl)ccc1Cl)c1cc(Br)cs1. The molecule has 3 N–H and O–H groups in total. The molecule has 1 heterocycles. The van der Waals surface area contributed by atoms with Gasteiger partial charge in [0.15, 0.2) is 0 Å². The van der Waals surface area contributed by atoms with Crippen LogP contribution in [0.2, 0.25) is 10.0 Å². The molecular weight excluding hydrogens is 355 g/mol. The monoisotopic (exact) mass is 364 g/mol. The lowest BCUT2D eigenvalue weighted by Gasteiger charge is -2.15. The second-order valence-electron chi connectivity index (χ2n) is 3.83. The van der Waals surface area contributed by atoms with Gasteiger partial charge in [0, 0.05) is 24.8 Å². The van der Waals surface area contributed by atoms with E-state index in [1.54, 1.807) is 23.5 Å². The molecule has 0 aliphatic carbocycles. The second kappa shape index (κ2) is 6.37. The second-order valence-corrected chi connectivity index (χ2v) is 6.53. The molecule has 0 saturated carbocycles. The van der Waals surface area contributed by atoms with Crippen molar-refractivity contribution in [2.45, 2.75) is 12.5 Å². The Morgan fingerprint density at radius 1 is 1.33 bits per heavy atom.